The molecule has 0 bridgehead atoms. The molecule has 0 saturated heterocycles. The molecule has 1 unspecified atom stereocenters. The highest BCUT2D eigenvalue weighted by molar-refractivity contribution is 5.91. The number of anilines is 1. The maximum Gasteiger partial charge on any atom is 0.414 e. The highest BCUT2D eigenvalue weighted by Crippen LogP contribution is 2.36. The molecule has 1 heterocycles. The average molecular weight is 244 g/mol. The van der Waals surface area contributed by atoms with Crippen molar-refractivity contribution in [2.75, 3.05) is 11.4 Å². The summed E-state index contributed by atoms with van der Waals surface area (Å²) >= 11 is 0. The molecule has 0 aromatic heterocycles. The Morgan fingerprint density at radius 3 is 2.72 bits per heavy atom. The molecule has 4 nitrogen and oxygen atoms in total. The highest BCUT2D eigenvalue weighted by atomic mass is 16.6. The molecule has 0 spiro atoms. The van der Waals surface area contributed by atoms with E-state index in [2.05, 4.69) is 6.07 Å². The fourth-order valence-electron chi connectivity index (χ4n) is 2.01. The van der Waals surface area contributed by atoms with E-state index < -0.39 is 11.7 Å². The maximum absolute atomic E-state index is 12.1. The van der Waals surface area contributed by atoms with Gasteiger partial charge >= 0.3 is 6.09 Å². The number of amides is 1. The van der Waals surface area contributed by atoms with Gasteiger partial charge in [0, 0.05) is 6.54 Å². The smallest absolute Gasteiger partial charge is 0.414 e. The van der Waals surface area contributed by atoms with Gasteiger partial charge in [-0.1, -0.05) is 18.2 Å². The molecule has 0 aliphatic carbocycles. The van der Waals surface area contributed by atoms with Crippen LogP contribution in [0.3, 0.4) is 0 Å². The van der Waals surface area contributed by atoms with Crippen LogP contribution < -0.4 is 4.90 Å². The minimum Gasteiger partial charge on any atom is -0.443 e. The number of nitrogens with zero attached hydrogens (tertiary/aromatic N) is 2. The molecule has 1 aromatic carbocycles. The Labute approximate surface area is 107 Å². The number of hydrogen-bond donors (Lipinski definition) is 0. The van der Waals surface area contributed by atoms with Crippen LogP contribution in [0, 0.1) is 11.3 Å². The first-order valence-corrected chi connectivity index (χ1v) is 5.91. The zero-order valence-corrected chi connectivity index (χ0v) is 10.8. The fraction of sp³-hybridized carbons (Fsp3) is 0.429. The summed E-state index contributed by atoms with van der Waals surface area (Å²) in [6, 6.07) is 9.68. The lowest BCUT2D eigenvalue weighted by Crippen LogP contribution is -2.36. The molecule has 1 atom stereocenters. The van der Waals surface area contributed by atoms with Crippen LogP contribution in [0.2, 0.25) is 0 Å². The van der Waals surface area contributed by atoms with Crippen LogP contribution in [-0.2, 0) is 4.74 Å². The maximum atomic E-state index is 12.1. The molecule has 0 saturated carbocycles. The Morgan fingerprint density at radius 1 is 1.44 bits per heavy atom. The summed E-state index contributed by atoms with van der Waals surface area (Å²) in [4.78, 5) is 13.6. The third kappa shape index (κ3) is 2.30. The minimum absolute atomic E-state index is 0.270. The van der Waals surface area contributed by atoms with E-state index in [1.165, 1.54) is 4.90 Å². The van der Waals surface area contributed by atoms with Crippen molar-refractivity contribution in [3.63, 3.8) is 0 Å². The van der Waals surface area contributed by atoms with E-state index in [-0.39, 0.29) is 5.92 Å². The zero-order chi connectivity index (χ0) is 13.3. The van der Waals surface area contributed by atoms with Gasteiger partial charge in [0.1, 0.15) is 5.60 Å². The largest absolute Gasteiger partial charge is 0.443 e. The molecule has 1 aliphatic rings. The molecule has 18 heavy (non-hydrogen) atoms. The highest BCUT2D eigenvalue weighted by Gasteiger charge is 2.34. The van der Waals surface area contributed by atoms with Gasteiger partial charge in [-0.2, -0.15) is 5.26 Å². The van der Waals surface area contributed by atoms with Gasteiger partial charge in [0.05, 0.1) is 17.7 Å². The first-order chi connectivity index (χ1) is 8.42. The van der Waals surface area contributed by atoms with Gasteiger partial charge in [-0.25, -0.2) is 4.79 Å². The fourth-order valence-corrected chi connectivity index (χ4v) is 2.01. The number of ether oxygens (including phenoxy) is 1. The number of nitriles is 1. The van der Waals surface area contributed by atoms with Crippen molar-refractivity contribution in [3.8, 4) is 6.07 Å². The molecular weight excluding hydrogens is 228 g/mol. The van der Waals surface area contributed by atoms with Crippen LogP contribution in [0.25, 0.3) is 0 Å². The Balaban J connectivity index is 2.28. The number of hydrogen-bond acceptors (Lipinski definition) is 3. The number of carbonyl (C=O) groups excluding carboxylic acids is 1. The number of fused-ring (bicyclic) bond motifs is 1. The molecule has 2 rings (SSSR count). The lowest BCUT2D eigenvalue weighted by atomic mass is 10.0. The van der Waals surface area contributed by atoms with E-state index in [0.717, 1.165) is 11.3 Å². The third-order valence-corrected chi connectivity index (χ3v) is 2.74. The Bertz CT molecular complexity index is 511. The van der Waals surface area contributed by atoms with E-state index in [1.807, 2.05) is 45.0 Å². The van der Waals surface area contributed by atoms with E-state index in [9.17, 15) is 4.79 Å². The van der Waals surface area contributed by atoms with Crippen molar-refractivity contribution < 1.29 is 9.53 Å². The van der Waals surface area contributed by atoms with Crippen molar-refractivity contribution >= 4 is 11.8 Å². The van der Waals surface area contributed by atoms with Crippen LogP contribution in [0.15, 0.2) is 24.3 Å². The van der Waals surface area contributed by atoms with Crippen molar-refractivity contribution in [3.05, 3.63) is 29.8 Å². The molecule has 1 aromatic rings. The second-order valence-corrected chi connectivity index (χ2v) is 5.33. The number of para-hydroxylation sites is 1. The molecule has 0 fully saturated rings. The Morgan fingerprint density at radius 2 is 2.11 bits per heavy atom. The summed E-state index contributed by atoms with van der Waals surface area (Å²) in [6.45, 7) is 5.85. The quantitative estimate of drug-likeness (QED) is 0.704. The summed E-state index contributed by atoms with van der Waals surface area (Å²) in [7, 11) is 0. The van der Waals surface area contributed by atoms with E-state index >= 15 is 0 Å². The SMILES string of the molecule is CC(C)(C)OC(=O)N1CC(C#N)c2ccccc21. The minimum atomic E-state index is -0.531. The van der Waals surface area contributed by atoms with Crippen LogP contribution in [-0.4, -0.2) is 18.2 Å². The Kier molecular flexibility index (Phi) is 3.00. The lowest BCUT2D eigenvalue weighted by molar-refractivity contribution is 0.0583. The predicted molar refractivity (Wildman–Crippen MR) is 68.4 cm³/mol. The summed E-state index contributed by atoms with van der Waals surface area (Å²) in [5.41, 5.74) is 1.14. The third-order valence-electron chi connectivity index (χ3n) is 2.74. The molecular formula is C14H16N2O2. The molecule has 1 aliphatic heterocycles. The average Bonchev–Trinajstić information content (AvgIpc) is 2.65. The lowest BCUT2D eigenvalue weighted by Gasteiger charge is -2.24. The molecule has 0 N–H and O–H groups in total. The first-order valence-electron chi connectivity index (χ1n) is 5.91. The van der Waals surface area contributed by atoms with Gasteiger partial charge in [0.15, 0.2) is 0 Å². The van der Waals surface area contributed by atoms with Crippen molar-refractivity contribution in [1.29, 1.82) is 5.26 Å². The van der Waals surface area contributed by atoms with Crippen LogP contribution in [0.1, 0.15) is 32.3 Å². The summed E-state index contributed by atoms with van der Waals surface area (Å²) in [6.07, 6.45) is -0.396. The van der Waals surface area contributed by atoms with Crippen LogP contribution in [0.5, 0.6) is 0 Å². The van der Waals surface area contributed by atoms with Gasteiger partial charge in [-0.15, -0.1) is 0 Å². The monoisotopic (exact) mass is 244 g/mol. The summed E-state index contributed by atoms with van der Waals surface area (Å²) in [5, 5.41) is 9.12. The zero-order valence-electron chi connectivity index (χ0n) is 10.8. The number of benzene rings is 1. The van der Waals surface area contributed by atoms with E-state index in [0.29, 0.717) is 6.54 Å². The first kappa shape index (κ1) is 12.4. The van der Waals surface area contributed by atoms with Crippen molar-refractivity contribution in [2.24, 2.45) is 0 Å². The summed E-state index contributed by atoms with van der Waals surface area (Å²) in [5.74, 6) is -0.270. The number of rotatable bonds is 0. The topological polar surface area (TPSA) is 53.3 Å². The standard InChI is InChI=1S/C14H16N2O2/c1-14(2,3)18-13(17)16-9-10(8-15)11-6-4-5-7-12(11)16/h4-7,10H,9H2,1-3H3. The van der Waals surface area contributed by atoms with Crippen molar-refractivity contribution in [1.82, 2.24) is 0 Å². The second kappa shape index (κ2) is 4.34. The van der Waals surface area contributed by atoms with Gasteiger partial charge in [-0.05, 0) is 32.4 Å². The van der Waals surface area contributed by atoms with Crippen LogP contribution >= 0.6 is 0 Å². The van der Waals surface area contributed by atoms with Crippen LogP contribution in [0.4, 0.5) is 10.5 Å². The van der Waals surface area contributed by atoms with Gasteiger partial charge < -0.3 is 4.74 Å². The summed E-state index contributed by atoms with van der Waals surface area (Å²) < 4.78 is 5.35. The van der Waals surface area contributed by atoms with E-state index in [4.69, 9.17) is 10.00 Å². The predicted octanol–water partition coefficient (Wildman–Crippen LogP) is 3.05. The normalized spacial score (nSPS) is 18.1. The second-order valence-electron chi connectivity index (χ2n) is 5.33. The Hall–Kier alpha value is -2.02. The number of carbonyl (C=O) groups is 1. The molecule has 0 radical (unpaired) electrons. The van der Waals surface area contributed by atoms with Gasteiger partial charge in [0.25, 0.3) is 0 Å². The molecule has 4 heteroatoms. The molecule has 1 amide bonds. The van der Waals surface area contributed by atoms with Gasteiger partial charge in [-0.3, -0.25) is 4.90 Å². The van der Waals surface area contributed by atoms with Gasteiger partial charge in [0.2, 0.25) is 0 Å². The van der Waals surface area contributed by atoms with E-state index in [1.54, 1.807) is 0 Å². The molecule has 94 valence electrons. The van der Waals surface area contributed by atoms with Crippen molar-refractivity contribution in [2.45, 2.75) is 32.3 Å².